The van der Waals surface area contributed by atoms with Crippen LogP contribution in [0.3, 0.4) is 0 Å². The summed E-state index contributed by atoms with van der Waals surface area (Å²) in [7, 11) is 0. The summed E-state index contributed by atoms with van der Waals surface area (Å²) in [6, 6.07) is 4.42. The smallest absolute Gasteiger partial charge is 0.125 e. The summed E-state index contributed by atoms with van der Waals surface area (Å²) in [4.78, 5) is 0. The number of nitrogens with one attached hydrogen (secondary N) is 1. The fourth-order valence-electron chi connectivity index (χ4n) is 2.33. The van der Waals surface area contributed by atoms with Crippen molar-refractivity contribution in [3.05, 3.63) is 28.8 Å². The molecular formula is C18H31NO2. The molecule has 1 N–H and O–H groups in total. The highest BCUT2D eigenvalue weighted by molar-refractivity contribution is 5.43. The van der Waals surface area contributed by atoms with Crippen molar-refractivity contribution in [3.63, 3.8) is 0 Å². The number of ether oxygens (including phenoxy) is 2. The third-order valence-corrected chi connectivity index (χ3v) is 3.39. The van der Waals surface area contributed by atoms with Gasteiger partial charge in [-0.25, -0.2) is 0 Å². The molecule has 0 saturated heterocycles. The molecule has 0 unspecified atom stereocenters. The SMILES string of the molecule is CCCCOCCOc1c(C)cc(CNCCC)cc1C. The molecule has 1 aromatic rings. The largest absolute Gasteiger partial charge is 0.491 e. The van der Waals surface area contributed by atoms with Gasteiger partial charge in [-0.05, 0) is 49.9 Å². The van der Waals surface area contributed by atoms with Crippen LogP contribution in [0.5, 0.6) is 5.75 Å². The molecule has 0 aliphatic heterocycles. The number of aryl methyl sites for hydroxylation is 2. The van der Waals surface area contributed by atoms with Crippen molar-refractivity contribution in [3.8, 4) is 5.75 Å². The molecular weight excluding hydrogens is 262 g/mol. The number of rotatable bonds is 11. The van der Waals surface area contributed by atoms with Gasteiger partial charge in [0, 0.05) is 13.2 Å². The van der Waals surface area contributed by atoms with Crippen LogP contribution in [-0.2, 0) is 11.3 Å². The number of benzene rings is 1. The van der Waals surface area contributed by atoms with Crippen molar-refractivity contribution in [2.24, 2.45) is 0 Å². The molecule has 3 nitrogen and oxygen atoms in total. The summed E-state index contributed by atoms with van der Waals surface area (Å²) in [6.07, 6.45) is 3.46. The second kappa shape index (κ2) is 10.6. The van der Waals surface area contributed by atoms with Crippen molar-refractivity contribution in [2.75, 3.05) is 26.4 Å². The highest BCUT2D eigenvalue weighted by atomic mass is 16.5. The van der Waals surface area contributed by atoms with Gasteiger partial charge in [-0.2, -0.15) is 0 Å². The first-order chi connectivity index (χ1) is 10.2. The Kier molecular flexibility index (Phi) is 9.11. The van der Waals surface area contributed by atoms with Crippen LogP contribution in [-0.4, -0.2) is 26.4 Å². The zero-order valence-corrected chi connectivity index (χ0v) is 14.1. The third-order valence-electron chi connectivity index (χ3n) is 3.39. The Morgan fingerprint density at radius 2 is 1.67 bits per heavy atom. The highest BCUT2D eigenvalue weighted by Crippen LogP contribution is 2.24. The molecule has 0 aliphatic carbocycles. The highest BCUT2D eigenvalue weighted by Gasteiger charge is 2.06. The van der Waals surface area contributed by atoms with Gasteiger partial charge in [0.25, 0.3) is 0 Å². The summed E-state index contributed by atoms with van der Waals surface area (Å²) in [5, 5.41) is 3.44. The zero-order chi connectivity index (χ0) is 15.5. The minimum Gasteiger partial charge on any atom is -0.491 e. The fourth-order valence-corrected chi connectivity index (χ4v) is 2.33. The van der Waals surface area contributed by atoms with Crippen LogP contribution in [0.4, 0.5) is 0 Å². The minimum atomic E-state index is 0.624. The molecule has 0 heterocycles. The average molecular weight is 293 g/mol. The minimum absolute atomic E-state index is 0.624. The van der Waals surface area contributed by atoms with Gasteiger partial charge in [0.2, 0.25) is 0 Å². The van der Waals surface area contributed by atoms with Crippen molar-refractivity contribution in [2.45, 2.75) is 53.5 Å². The average Bonchev–Trinajstić information content (AvgIpc) is 2.45. The lowest BCUT2D eigenvalue weighted by molar-refractivity contribution is 0.0976. The Bertz CT molecular complexity index is 381. The monoisotopic (exact) mass is 293 g/mol. The second-order valence-corrected chi connectivity index (χ2v) is 5.55. The lowest BCUT2D eigenvalue weighted by atomic mass is 10.1. The van der Waals surface area contributed by atoms with E-state index in [0.717, 1.165) is 38.3 Å². The van der Waals surface area contributed by atoms with Crippen molar-refractivity contribution in [1.82, 2.24) is 5.32 Å². The standard InChI is InChI=1S/C18H31NO2/c1-5-7-9-20-10-11-21-18-15(3)12-17(13-16(18)4)14-19-8-6-2/h12-13,19H,5-11,14H2,1-4H3. The van der Waals surface area contributed by atoms with Crippen molar-refractivity contribution >= 4 is 0 Å². The maximum Gasteiger partial charge on any atom is 0.125 e. The molecule has 1 aromatic carbocycles. The summed E-state index contributed by atoms with van der Waals surface area (Å²) < 4.78 is 11.4. The van der Waals surface area contributed by atoms with E-state index < -0.39 is 0 Å². The fraction of sp³-hybridized carbons (Fsp3) is 0.667. The van der Waals surface area contributed by atoms with Gasteiger partial charge < -0.3 is 14.8 Å². The molecule has 0 bridgehead atoms. The molecule has 0 aliphatic rings. The van der Waals surface area contributed by atoms with Gasteiger partial charge >= 0.3 is 0 Å². The van der Waals surface area contributed by atoms with Crippen LogP contribution in [0.2, 0.25) is 0 Å². The molecule has 0 aromatic heterocycles. The third kappa shape index (κ3) is 6.96. The van der Waals surface area contributed by atoms with Crippen LogP contribution in [0.25, 0.3) is 0 Å². The maximum atomic E-state index is 5.88. The number of hydrogen-bond acceptors (Lipinski definition) is 3. The van der Waals surface area contributed by atoms with Gasteiger partial charge in [-0.3, -0.25) is 0 Å². The van der Waals surface area contributed by atoms with E-state index in [1.54, 1.807) is 0 Å². The van der Waals surface area contributed by atoms with Gasteiger partial charge in [0.05, 0.1) is 6.61 Å². The maximum absolute atomic E-state index is 5.88. The topological polar surface area (TPSA) is 30.5 Å². The summed E-state index contributed by atoms with van der Waals surface area (Å²) in [6.45, 7) is 12.7. The van der Waals surface area contributed by atoms with E-state index in [2.05, 4.69) is 45.1 Å². The number of unbranched alkanes of at least 4 members (excludes halogenated alkanes) is 1. The van der Waals surface area contributed by atoms with E-state index >= 15 is 0 Å². The lowest BCUT2D eigenvalue weighted by Crippen LogP contribution is -2.14. The van der Waals surface area contributed by atoms with E-state index in [4.69, 9.17) is 9.47 Å². The lowest BCUT2D eigenvalue weighted by Gasteiger charge is -2.14. The zero-order valence-electron chi connectivity index (χ0n) is 14.1. The summed E-state index contributed by atoms with van der Waals surface area (Å²) >= 11 is 0. The Balaban J connectivity index is 2.43. The van der Waals surface area contributed by atoms with Gasteiger partial charge in [0.15, 0.2) is 0 Å². The normalized spacial score (nSPS) is 10.9. The molecule has 0 amide bonds. The van der Waals surface area contributed by atoms with E-state index in [0.29, 0.717) is 13.2 Å². The predicted octanol–water partition coefficient (Wildman–Crippen LogP) is 4.00. The first-order valence-corrected chi connectivity index (χ1v) is 8.20. The predicted molar refractivity (Wildman–Crippen MR) is 89.1 cm³/mol. The molecule has 0 fully saturated rings. The first-order valence-electron chi connectivity index (χ1n) is 8.20. The molecule has 0 radical (unpaired) electrons. The van der Waals surface area contributed by atoms with Crippen LogP contribution >= 0.6 is 0 Å². The van der Waals surface area contributed by atoms with Gasteiger partial charge in [0.1, 0.15) is 12.4 Å². The summed E-state index contributed by atoms with van der Waals surface area (Å²) in [5.41, 5.74) is 3.73. The Morgan fingerprint density at radius 1 is 0.952 bits per heavy atom. The Hall–Kier alpha value is -1.06. The quantitative estimate of drug-likeness (QED) is 0.626. The van der Waals surface area contributed by atoms with Crippen LogP contribution in [0.1, 0.15) is 49.8 Å². The van der Waals surface area contributed by atoms with Crippen molar-refractivity contribution in [1.29, 1.82) is 0 Å². The van der Waals surface area contributed by atoms with Gasteiger partial charge in [-0.1, -0.05) is 32.4 Å². The molecule has 21 heavy (non-hydrogen) atoms. The van der Waals surface area contributed by atoms with Gasteiger partial charge in [-0.15, -0.1) is 0 Å². The molecule has 1 rings (SSSR count). The van der Waals surface area contributed by atoms with E-state index in [1.165, 1.54) is 23.1 Å². The molecule has 0 atom stereocenters. The first kappa shape index (κ1) is 18.0. The second-order valence-electron chi connectivity index (χ2n) is 5.55. The molecule has 3 heteroatoms. The van der Waals surface area contributed by atoms with E-state index in [1.807, 2.05) is 0 Å². The Labute approximate surface area is 130 Å². The van der Waals surface area contributed by atoms with Crippen LogP contribution in [0, 0.1) is 13.8 Å². The molecule has 0 saturated carbocycles. The van der Waals surface area contributed by atoms with E-state index in [-0.39, 0.29) is 0 Å². The Morgan fingerprint density at radius 3 is 2.29 bits per heavy atom. The summed E-state index contributed by atoms with van der Waals surface area (Å²) in [5.74, 6) is 1.01. The molecule has 0 spiro atoms. The van der Waals surface area contributed by atoms with Crippen LogP contribution in [0.15, 0.2) is 12.1 Å². The number of hydrogen-bond donors (Lipinski definition) is 1. The molecule has 120 valence electrons. The van der Waals surface area contributed by atoms with Crippen molar-refractivity contribution < 1.29 is 9.47 Å². The van der Waals surface area contributed by atoms with Crippen LogP contribution < -0.4 is 10.1 Å². The van der Waals surface area contributed by atoms with E-state index in [9.17, 15) is 0 Å².